The number of sulfonamides is 1. The Balaban J connectivity index is 2.51. The van der Waals surface area contributed by atoms with Gasteiger partial charge in [0.05, 0.1) is 27.0 Å². The predicted octanol–water partition coefficient (Wildman–Crippen LogP) is 6.05. The molecule has 2 amide bonds. The third-order valence-corrected chi connectivity index (χ3v) is 7.70. The van der Waals surface area contributed by atoms with E-state index in [9.17, 15) is 18.0 Å². The summed E-state index contributed by atoms with van der Waals surface area (Å²) in [5.74, 6) is -1.11. The zero-order chi connectivity index (χ0) is 27.6. The van der Waals surface area contributed by atoms with Crippen LogP contribution in [-0.4, -0.2) is 49.5 Å². The van der Waals surface area contributed by atoms with Gasteiger partial charge in [0.25, 0.3) is 0 Å². The monoisotopic (exact) mass is 615 g/mol. The summed E-state index contributed by atoms with van der Waals surface area (Å²) < 4.78 is 26.2. The van der Waals surface area contributed by atoms with E-state index in [2.05, 4.69) is 5.32 Å². The van der Waals surface area contributed by atoms with Crippen molar-refractivity contribution in [1.29, 1.82) is 0 Å². The highest BCUT2D eigenvalue weighted by atomic mass is 35.5. The molecule has 1 N–H and O–H groups in total. The predicted molar refractivity (Wildman–Crippen MR) is 148 cm³/mol. The van der Waals surface area contributed by atoms with Crippen LogP contribution in [0.3, 0.4) is 0 Å². The molecule has 0 aliphatic rings. The van der Waals surface area contributed by atoms with Crippen LogP contribution in [0.15, 0.2) is 30.3 Å². The first-order valence-corrected chi connectivity index (χ1v) is 14.3. The van der Waals surface area contributed by atoms with Gasteiger partial charge in [0.2, 0.25) is 21.8 Å². The summed E-state index contributed by atoms with van der Waals surface area (Å²) in [7, 11) is -4.00. The van der Waals surface area contributed by atoms with Crippen LogP contribution in [-0.2, 0) is 26.2 Å². The number of rotatable bonds is 8. The lowest BCUT2D eigenvalue weighted by atomic mass is 10.1. The van der Waals surface area contributed by atoms with E-state index in [1.807, 2.05) is 0 Å². The van der Waals surface area contributed by atoms with Gasteiger partial charge in [0.15, 0.2) is 0 Å². The SMILES string of the molecule is CC(C(=O)NC(C)(C)C)N(Cc1ccc(Cl)cc1Cl)C(=O)CN(c1cc(Cl)c(Cl)cc1Cl)S(C)(=O)=O. The second-order valence-corrected chi connectivity index (χ2v) is 13.1. The molecule has 0 saturated carbocycles. The van der Waals surface area contributed by atoms with E-state index in [0.29, 0.717) is 10.6 Å². The van der Waals surface area contributed by atoms with Gasteiger partial charge in [0, 0.05) is 22.1 Å². The first-order chi connectivity index (χ1) is 16.4. The number of hydrogen-bond donors (Lipinski definition) is 1. The largest absolute Gasteiger partial charge is 0.350 e. The highest BCUT2D eigenvalue weighted by Crippen LogP contribution is 2.35. The van der Waals surface area contributed by atoms with Crippen molar-refractivity contribution >= 4 is 85.5 Å². The first kappa shape index (κ1) is 30.8. The molecule has 0 bridgehead atoms. The summed E-state index contributed by atoms with van der Waals surface area (Å²) in [5.41, 5.74) is -0.0776. The van der Waals surface area contributed by atoms with Gasteiger partial charge in [-0.15, -0.1) is 0 Å². The van der Waals surface area contributed by atoms with Crippen molar-refractivity contribution < 1.29 is 18.0 Å². The first-order valence-electron chi connectivity index (χ1n) is 10.6. The Kier molecular flexibility index (Phi) is 10.2. The van der Waals surface area contributed by atoms with Gasteiger partial charge >= 0.3 is 0 Å². The maximum Gasteiger partial charge on any atom is 0.244 e. The number of carbonyl (C=O) groups is 2. The third kappa shape index (κ3) is 8.30. The van der Waals surface area contributed by atoms with Crippen molar-refractivity contribution in [3.05, 3.63) is 61.0 Å². The molecule has 7 nitrogen and oxygen atoms in total. The Labute approximate surface area is 236 Å². The Morgan fingerprint density at radius 3 is 2.06 bits per heavy atom. The lowest BCUT2D eigenvalue weighted by Gasteiger charge is -2.33. The van der Waals surface area contributed by atoms with E-state index in [4.69, 9.17) is 58.0 Å². The highest BCUT2D eigenvalue weighted by molar-refractivity contribution is 7.92. The van der Waals surface area contributed by atoms with Gasteiger partial charge in [-0.3, -0.25) is 13.9 Å². The third-order valence-electron chi connectivity index (χ3n) is 4.96. The average molecular weight is 618 g/mol. The number of anilines is 1. The molecule has 198 valence electrons. The molecule has 2 aromatic rings. The average Bonchev–Trinajstić information content (AvgIpc) is 2.71. The lowest BCUT2D eigenvalue weighted by molar-refractivity contribution is -0.140. The lowest BCUT2D eigenvalue weighted by Crippen LogP contribution is -2.54. The maximum absolute atomic E-state index is 13.6. The minimum Gasteiger partial charge on any atom is -0.350 e. The quantitative estimate of drug-likeness (QED) is 0.366. The molecule has 0 fully saturated rings. The van der Waals surface area contributed by atoms with Gasteiger partial charge in [-0.1, -0.05) is 64.1 Å². The minimum absolute atomic E-state index is 0.0200. The van der Waals surface area contributed by atoms with Crippen LogP contribution in [0.25, 0.3) is 0 Å². The fraction of sp³-hybridized carbons (Fsp3) is 0.391. The number of nitrogens with zero attached hydrogens (tertiary/aromatic N) is 2. The molecule has 36 heavy (non-hydrogen) atoms. The van der Waals surface area contributed by atoms with Crippen molar-refractivity contribution in [2.45, 2.75) is 45.8 Å². The second-order valence-electron chi connectivity index (χ2n) is 9.16. The van der Waals surface area contributed by atoms with Gasteiger partial charge < -0.3 is 10.2 Å². The van der Waals surface area contributed by atoms with Crippen LogP contribution < -0.4 is 9.62 Å². The van der Waals surface area contributed by atoms with Crippen molar-refractivity contribution in [2.24, 2.45) is 0 Å². The van der Waals surface area contributed by atoms with E-state index >= 15 is 0 Å². The summed E-state index contributed by atoms with van der Waals surface area (Å²) in [6.45, 7) is 6.21. The molecule has 2 aromatic carbocycles. The smallest absolute Gasteiger partial charge is 0.244 e. The molecule has 1 unspecified atom stereocenters. The normalized spacial score (nSPS) is 12.7. The Morgan fingerprint density at radius 2 is 1.53 bits per heavy atom. The second kappa shape index (κ2) is 12.0. The Hall–Kier alpha value is -1.42. The molecule has 2 rings (SSSR count). The molecule has 1 atom stereocenters. The van der Waals surface area contributed by atoms with E-state index < -0.39 is 40.0 Å². The Bertz CT molecular complexity index is 1270. The number of halogens is 5. The van der Waals surface area contributed by atoms with Crippen molar-refractivity contribution in [3.8, 4) is 0 Å². The van der Waals surface area contributed by atoms with Crippen molar-refractivity contribution in [2.75, 3.05) is 17.1 Å². The number of carbonyl (C=O) groups excluding carboxylic acids is 2. The molecule has 0 aromatic heterocycles. The van der Waals surface area contributed by atoms with Gasteiger partial charge in [0.1, 0.15) is 12.6 Å². The number of hydrogen-bond acceptors (Lipinski definition) is 4. The van der Waals surface area contributed by atoms with Crippen molar-refractivity contribution in [1.82, 2.24) is 10.2 Å². The van der Waals surface area contributed by atoms with E-state index in [1.165, 1.54) is 23.1 Å². The molecular weight excluding hydrogens is 592 g/mol. The van der Waals surface area contributed by atoms with Crippen LogP contribution >= 0.6 is 58.0 Å². The molecular formula is C23H26Cl5N3O4S. The van der Waals surface area contributed by atoms with Gasteiger partial charge in [-0.05, 0) is 57.5 Å². The highest BCUT2D eigenvalue weighted by Gasteiger charge is 2.32. The van der Waals surface area contributed by atoms with Crippen molar-refractivity contribution in [3.63, 3.8) is 0 Å². The van der Waals surface area contributed by atoms with Gasteiger partial charge in [-0.2, -0.15) is 0 Å². The zero-order valence-corrected chi connectivity index (χ0v) is 24.8. The van der Waals surface area contributed by atoms with Crippen LogP contribution in [0.1, 0.15) is 33.3 Å². The van der Waals surface area contributed by atoms with E-state index in [1.54, 1.807) is 39.8 Å². The van der Waals surface area contributed by atoms with E-state index in [0.717, 1.165) is 10.6 Å². The summed E-state index contributed by atoms with van der Waals surface area (Å²) >= 11 is 30.6. The van der Waals surface area contributed by atoms with Gasteiger partial charge in [-0.25, -0.2) is 8.42 Å². The molecule has 0 radical (unpaired) electrons. The summed E-state index contributed by atoms with van der Waals surface area (Å²) in [4.78, 5) is 27.8. The number of nitrogens with one attached hydrogen (secondary N) is 1. The summed E-state index contributed by atoms with van der Waals surface area (Å²) in [6.07, 6.45) is 0.926. The van der Waals surface area contributed by atoms with Crippen LogP contribution in [0, 0.1) is 0 Å². The maximum atomic E-state index is 13.6. The topological polar surface area (TPSA) is 86.8 Å². The summed E-state index contributed by atoms with van der Waals surface area (Å²) in [5, 5.41) is 3.68. The van der Waals surface area contributed by atoms with Crippen LogP contribution in [0.4, 0.5) is 5.69 Å². The number of amides is 2. The van der Waals surface area contributed by atoms with E-state index in [-0.39, 0.29) is 32.3 Å². The summed E-state index contributed by atoms with van der Waals surface area (Å²) in [6, 6.07) is 6.31. The fourth-order valence-corrected chi connectivity index (χ4v) is 5.20. The molecule has 0 aliphatic carbocycles. The van der Waals surface area contributed by atoms with Crippen LogP contribution in [0.5, 0.6) is 0 Å². The minimum atomic E-state index is -4.00. The zero-order valence-electron chi connectivity index (χ0n) is 20.2. The van der Waals surface area contributed by atoms with Crippen LogP contribution in [0.2, 0.25) is 25.1 Å². The molecule has 0 heterocycles. The Morgan fingerprint density at radius 1 is 0.944 bits per heavy atom. The fourth-order valence-electron chi connectivity index (χ4n) is 3.19. The number of benzene rings is 2. The molecule has 0 spiro atoms. The standard InChI is InChI=1S/C23H26Cl5N3O4S/c1-13(22(33)29-23(2,3)4)30(11-14-6-7-15(24)8-16(14)25)21(32)12-31(36(5,34)35)20-10-18(27)17(26)9-19(20)28/h6-10,13H,11-12H2,1-5H3,(H,29,33). The molecule has 0 saturated heterocycles. The molecule has 13 heteroatoms. The molecule has 0 aliphatic heterocycles.